The fourth-order valence-corrected chi connectivity index (χ4v) is 4.53. The molecule has 36 heavy (non-hydrogen) atoms. The van der Waals surface area contributed by atoms with Crippen molar-refractivity contribution >= 4 is 23.1 Å². The Hall–Kier alpha value is -3.57. The minimum absolute atomic E-state index is 0.125. The van der Waals surface area contributed by atoms with Crippen molar-refractivity contribution in [1.82, 2.24) is 4.98 Å². The lowest BCUT2D eigenvalue weighted by Crippen LogP contribution is -2.38. The van der Waals surface area contributed by atoms with E-state index < -0.39 is 42.1 Å². The van der Waals surface area contributed by atoms with Crippen molar-refractivity contribution in [3.8, 4) is 11.6 Å². The predicted molar refractivity (Wildman–Crippen MR) is 124 cm³/mol. The summed E-state index contributed by atoms with van der Waals surface area (Å²) in [6.45, 7) is 2.45. The number of nitrogens with zero attached hydrogens (tertiary/aromatic N) is 4. The highest BCUT2D eigenvalue weighted by Crippen LogP contribution is 2.37. The minimum Gasteiger partial charge on any atom is -0.490 e. The number of alkyl halides is 3. The molecule has 8 nitrogen and oxygen atoms in total. The van der Waals surface area contributed by atoms with Crippen LogP contribution in [-0.2, 0) is 4.79 Å². The number of hydrogen-bond donors (Lipinski definition) is 1. The van der Waals surface area contributed by atoms with E-state index in [0.29, 0.717) is 48.9 Å². The number of aromatic nitrogens is 1. The van der Waals surface area contributed by atoms with Gasteiger partial charge in [-0.1, -0.05) is 6.92 Å². The van der Waals surface area contributed by atoms with Crippen LogP contribution in [-0.4, -0.2) is 60.3 Å². The number of carbonyl (C=O) groups is 1. The Kier molecular flexibility index (Phi) is 7.23. The molecule has 0 amide bonds. The molecule has 0 aliphatic carbocycles. The van der Waals surface area contributed by atoms with Gasteiger partial charge in [0, 0.05) is 37.9 Å². The van der Waals surface area contributed by atoms with Gasteiger partial charge in [-0.2, -0.15) is 18.3 Å². The molecule has 2 aromatic rings. The molecule has 0 saturated carbocycles. The number of ether oxygens (including phenoxy) is 2. The summed E-state index contributed by atoms with van der Waals surface area (Å²) in [4.78, 5) is 17.0. The molecule has 194 valence electrons. The van der Waals surface area contributed by atoms with Crippen LogP contribution >= 0.6 is 0 Å². The van der Waals surface area contributed by atoms with Crippen LogP contribution in [0.1, 0.15) is 26.2 Å². The number of anilines is 2. The summed E-state index contributed by atoms with van der Waals surface area (Å²) in [5, 5.41) is 14.0. The van der Waals surface area contributed by atoms with E-state index in [1.54, 1.807) is 30.3 Å². The van der Waals surface area contributed by atoms with Gasteiger partial charge in [-0.15, -0.1) is 0 Å². The highest BCUT2D eigenvalue weighted by Gasteiger charge is 2.48. The van der Waals surface area contributed by atoms with Gasteiger partial charge in [-0.3, -0.25) is 9.80 Å². The van der Waals surface area contributed by atoms with Crippen LogP contribution in [0.4, 0.5) is 28.9 Å². The molecule has 0 radical (unpaired) electrons. The summed E-state index contributed by atoms with van der Waals surface area (Å²) >= 11 is 0. The Morgan fingerprint density at radius 1 is 1.19 bits per heavy atom. The van der Waals surface area contributed by atoms with E-state index in [4.69, 9.17) is 9.47 Å². The van der Waals surface area contributed by atoms with Crippen molar-refractivity contribution in [2.24, 2.45) is 11.0 Å². The smallest absolute Gasteiger partial charge is 0.431 e. The van der Waals surface area contributed by atoms with Crippen LogP contribution in [0.25, 0.3) is 0 Å². The second-order valence-corrected chi connectivity index (χ2v) is 8.76. The number of rotatable bonds is 7. The van der Waals surface area contributed by atoms with Gasteiger partial charge in [-0.25, -0.2) is 9.37 Å². The number of benzene rings is 1. The molecule has 0 unspecified atom stereocenters. The van der Waals surface area contributed by atoms with Gasteiger partial charge in [0.1, 0.15) is 17.6 Å². The largest absolute Gasteiger partial charge is 0.490 e. The Morgan fingerprint density at radius 2 is 1.86 bits per heavy atom. The predicted octanol–water partition coefficient (Wildman–Crippen LogP) is 4.49. The minimum atomic E-state index is -4.65. The number of pyridine rings is 1. The lowest BCUT2D eigenvalue weighted by molar-refractivity contribution is -0.137. The molecule has 2 aliphatic heterocycles. The molecule has 3 heterocycles. The number of carboxylic acid groups (broad SMARTS) is 1. The molecule has 1 aromatic carbocycles. The van der Waals surface area contributed by atoms with E-state index >= 15 is 0 Å². The van der Waals surface area contributed by atoms with Gasteiger partial charge in [-0.05, 0) is 24.3 Å². The summed E-state index contributed by atoms with van der Waals surface area (Å²) < 4.78 is 65.4. The second-order valence-electron chi connectivity index (χ2n) is 8.76. The number of hydrogen-bond acceptors (Lipinski definition) is 7. The van der Waals surface area contributed by atoms with E-state index in [1.165, 1.54) is 14.0 Å². The lowest BCUT2D eigenvalue weighted by atomic mass is 9.94. The average molecular weight is 510 g/mol. The van der Waals surface area contributed by atoms with Crippen LogP contribution in [0.2, 0.25) is 0 Å². The molecular weight excluding hydrogens is 484 g/mol. The zero-order valence-corrected chi connectivity index (χ0v) is 19.7. The maximum atomic E-state index is 14.2. The number of carboxylic acids is 1. The first-order valence-electron chi connectivity index (χ1n) is 11.4. The van der Waals surface area contributed by atoms with Gasteiger partial charge in [0.15, 0.2) is 5.82 Å². The number of halogens is 4. The molecule has 1 aromatic heterocycles. The van der Waals surface area contributed by atoms with Crippen LogP contribution in [0.3, 0.4) is 0 Å². The van der Waals surface area contributed by atoms with E-state index in [1.807, 2.05) is 4.90 Å². The molecule has 1 fully saturated rings. The van der Waals surface area contributed by atoms with Gasteiger partial charge in [0.05, 0.1) is 37.1 Å². The van der Waals surface area contributed by atoms with Gasteiger partial charge >= 0.3 is 12.1 Å². The highest BCUT2D eigenvalue weighted by molar-refractivity contribution is 5.95. The average Bonchev–Trinajstić information content (AvgIpc) is 3.16. The zero-order chi connectivity index (χ0) is 26.0. The first-order valence-corrected chi connectivity index (χ1v) is 11.4. The topological polar surface area (TPSA) is 87.5 Å². The summed E-state index contributed by atoms with van der Waals surface area (Å²) in [5.74, 6) is -1.87. The third-order valence-electron chi connectivity index (χ3n) is 6.42. The maximum Gasteiger partial charge on any atom is 0.431 e. The van der Waals surface area contributed by atoms with Crippen molar-refractivity contribution in [3.05, 3.63) is 42.3 Å². The zero-order valence-electron chi connectivity index (χ0n) is 19.7. The fourth-order valence-electron chi connectivity index (χ4n) is 4.53. The van der Waals surface area contributed by atoms with Gasteiger partial charge < -0.3 is 19.5 Å². The van der Waals surface area contributed by atoms with E-state index in [-0.39, 0.29) is 6.10 Å². The third-order valence-corrected chi connectivity index (χ3v) is 6.42. The van der Waals surface area contributed by atoms with E-state index in [2.05, 4.69) is 10.1 Å². The summed E-state index contributed by atoms with van der Waals surface area (Å²) in [5.41, 5.74) is -0.236. The van der Waals surface area contributed by atoms with Crippen molar-refractivity contribution < 1.29 is 36.9 Å². The van der Waals surface area contributed by atoms with Crippen molar-refractivity contribution in [2.45, 2.75) is 44.5 Å². The van der Waals surface area contributed by atoms with E-state index in [0.717, 1.165) is 11.2 Å². The molecular formula is C24H26F4N4O4. The number of hydrazone groups is 1. The fraction of sp³-hybridized carbons (Fsp3) is 0.458. The molecule has 0 spiro atoms. The van der Waals surface area contributed by atoms with Crippen molar-refractivity contribution in [1.29, 1.82) is 0 Å². The monoisotopic (exact) mass is 510 g/mol. The molecule has 12 heteroatoms. The van der Waals surface area contributed by atoms with Gasteiger partial charge in [0.25, 0.3) is 0 Å². The molecule has 2 atom stereocenters. The first-order chi connectivity index (χ1) is 17.1. The van der Waals surface area contributed by atoms with Gasteiger partial charge in [0.2, 0.25) is 5.88 Å². The highest BCUT2D eigenvalue weighted by atomic mass is 19.4. The van der Waals surface area contributed by atoms with Crippen LogP contribution in [0, 0.1) is 11.7 Å². The quantitative estimate of drug-likeness (QED) is 0.549. The van der Waals surface area contributed by atoms with Crippen LogP contribution in [0.5, 0.6) is 11.6 Å². The first kappa shape index (κ1) is 25.5. The third kappa shape index (κ3) is 5.47. The summed E-state index contributed by atoms with van der Waals surface area (Å²) in [7, 11) is 1.47. The number of piperidine rings is 1. The van der Waals surface area contributed by atoms with Crippen LogP contribution in [0.15, 0.2) is 41.6 Å². The molecule has 1 saturated heterocycles. The molecule has 2 aliphatic rings. The van der Waals surface area contributed by atoms with Crippen molar-refractivity contribution in [3.63, 3.8) is 0 Å². The van der Waals surface area contributed by atoms with E-state index in [9.17, 15) is 27.5 Å². The Bertz CT molecular complexity index is 1120. The maximum absolute atomic E-state index is 14.2. The number of methoxy groups -OCH3 is 1. The molecule has 0 bridgehead atoms. The molecule has 1 N–H and O–H groups in total. The van der Waals surface area contributed by atoms with Crippen molar-refractivity contribution in [2.75, 3.05) is 30.1 Å². The second kappa shape index (κ2) is 10.2. The Morgan fingerprint density at radius 3 is 2.44 bits per heavy atom. The summed E-state index contributed by atoms with van der Waals surface area (Å²) in [6.07, 6.45) is -2.86. The Balaban J connectivity index is 1.41. The lowest BCUT2D eigenvalue weighted by Gasteiger charge is -2.34. The standard InChI is InChI=1S/C24H26F4N4O4/c1-14-19(12-22(33)34)32(30-23(14)24(26,27)28)15-3-5-16(6-4-15)36-17-7-9-31(10-8-17)20-11-21(35-2)29-13-18(20)25/h3-6,11,13-14,17,19H,7-10,12H2,1-2H3,(H,33,34)/t14-,19-/m0/s1. The summed E-state index contributed by atoms with van der Waals surface area (Å²) in [6, 6.07) is 6.97. The number of aliphatic carboxylic acids is 1. The Labute approximate surface area is 205 Å². The van der Waals surface area contributed by atoms with Crippen LogP contribution < -0.4 is 19.4 Å². The normalized spacial score (nSPS) is 20.9. The molecule has 4 rings (SSSR count). The SMILES string of the molecule is COc1cc(N2CCC(Oc3ccc(N4N=C(C(F)(F)F)[C@@H](C)[C@@H]4CC(=O)O)cc3)CC2)c(F)cn1.